The van der Waals surface area contributed by atoms with Gasteiger partial charge in [-0.15, -0.1) is 6.58 Å². The summed E-state index contributed by atoms with van der Waals surface area (Å²) in [6.07, 6.45) is 2.81. The molecule has 1 heterocycles. The van der Waals surface area contributed by atoms with E-state index in [1.807, 2.05) is 18.2 Å². The number of halogens is 1. The molecular formula is C14H19BrN2O2. The Balaban J connectivity index is 2.18. The first-order valence-corrected chi connectivity index (χ1v) is 7.19. The highest BCUT2D eigenvalue weighted by atomic mass is 79.9. The Labute approximate surface area is 122 Å². The molecule has 4 nitrogen and oxygen atoms in total. The van der Waals surface area contributed by atoms with Gasteiger partial charge >= 0.3 is 0 Å². The number of nitrogens with one attached hydrogen (secondary N) is 1. The third-order valence-electron chi connectivity index (χ3n) is 3.00. The second-order valence-electron chi connectivity index (χ2n) is 4.35. The maximum absolute atomic E-state index is 5.84. The number of ether oxygens (including phenoxy) is 2. The van der Waals surface area contributed by atoms with Crippen molar-refractivity contribution in [2.75, 3.05) is 26.3 Å². The average Bonchev–Trinajstić information content (AvgIpc) is 2.44. The first-order valence-electron chi connectivity index (χ1n) is 6.39. The highest BCUT2D eigenvalue weighted by Gasteiger charge is 2.19. The van der Waals surface area contributed by atoms with Crippen molar-refractivity contribution in [2.45, 2.75) is 12.5 Å². The molecule has 0 fully saturated rings. The van der Waals surface area contributed by atoms with Gasteiger partial charge in [0.15, 0.2) is 11.5 Å². The minimum Gasteiger partial charge on any atom is -0.486 e. The molecule has 3 N–H and O–H groups in total. The molecule has 1 aromatic rings. The van der Waals surface area contributed by atoms with Gasteiger partial charge in [0.1, 0.15) is 13.2 Å². The monoisotopic (exact) mass is 326 g/mol. The minimum absolute atomic E-state index is 0.104. The number of hydrogen-bond acceptors (Lipinski definition) is 4. The summed E-state index contributed by atoms with van der Waals surface area (Å²) in [4.78, 5) is 0. The molecule has 0 saturated carbocycles. The lowest BCUT2D eigenvalue weighted by Crippen LogP contribution is -2.29. The zero-order valence-electron chi connectivity index (χ0n) is 10.8. The van der Waals surface area contributed by atoms with Gasteiger partial charge in [-0.2, -0.15) is 0 Å². The second-order valence-corrected chi connectivity index (χ2v) is 5.20. The van der Waals surface area contributed by atoms with Gasteiger partial charge in [-0.3, -0.25) is 0 Å². The van der Waals surface area contributed by atoms with Crippen LogP contribution in [0.15, 0.2) is 29.3 Å². The molecule has 0 aliphatic carbocycles. The smallest absolute Gasteiger partial charge is 0.175 e. The number of benzene rings is 1. The molecule has 2 rings (SSSR count). The molecule has 0 amide bonds. The summed E-state index contributed by atoms with van der Waals surface area (Å²) < 4.78 is 12.1. The van der Waals surface area contributed by atoms with Crippen molar-refractivity contribution in [1.82, 2.24) is 5.32 Å². The number of rotatable bonds is 6. The van der Waals surface area contributed by atoms with E-state index in [0.717, 1.165) is 34.5 Å². The van der Waals surface area contributed by atoms with Crippen molar-refractivity contribution in [3.63, 3.8) is 0 Å². The van der Waals surface area contributed by atoms with E-state index in [-0.39, 0.29) is 6.04 Å². The molecule has 104 valence electrons. The van der Waals surface area contributed by atoms with Gasteiger partial charge in [0.2, 0.25) is 0 Å². The van der Waals surface area contributed by atoms with E-state index in [1.165, 1.54) is 0 Å². The van der Waals surface area contributed by atoms with Crippen molar-refractivity contribution in [3.05, 3.63) is 34.8 Å². The summed E-state index contributed by atoms with van der Waals surface area (Å²) in [5, 5.41) is 3.41. The van der Waals surface area contributed by atoms with E-state index in [4.69, 9.17) is 15.2 Å². The Morgan fingerprint density at radius 3 is 2.95 bits per heavy atom. The summed E-state index contributed by atoms with van der Waals surface area (Å²) >= 11 is 3.52. The quantitative estimate of drug-likeness (QED) is 0.622. The standard InChI is InChI=1S/C14H19BrN2O2/c1-2-3-4-17-12(9-16)10-7-11(15)14-13(8-10)18-5-6-19-14/h2,7-8,12,17H,1,3-6,9,16H2. The fourth-order valence-corrected chi connectivity index (χ4v) is 2.60. The normalized spacial score (nSPS) is 15.1. The Morgan fingerprint density at radius 1 is 1.42 bits per heavy atom. The van der Waals surface area contributed by atoms with Crippen LogP contribution < -0.4 is 20.5 Å². The summed E-state index contributed by atoms with van der Waals surface area (Å²) in [7, 11) is 0. The van der Waals surface area contributed by atoms with Crippen LogP contribution in [-0.2, 0) is 0 Å². The molecule has 19 heavy (non-hydrogen) atoms. The molecular weight excluding hydrogens is 308 g/mol. The SMILES string of the molecule is C=CCCNC(CN)c1cc(Br)c2c(c1)OCCO2. The second kappa shape index (κ2) is 6.93. The van der Waals surface area contributed by atoms with Gasteiger partial charge in [0, 0.05) is 12.6 Å². The third-order valence-corrected chi connectivity index (χ3v) is 3.59. The summed E-state index contributed by atoms with van der Waals surface area (Å²) in [5.74, 6) is 1.55. The average molecular weight is 327 g/mol. The van der Waals surface area contributed by atoms with Gasteiger partial charge in [0.25, 0.3) is 0 Å². The highest BCUT2D eigenvalue weighted by molar-refractivity contribution is 9.10. The van der Waals surface area contributed by atoms with Crippen molar-refractivity contribution >= 4 is 15.9 Å². The number of hydrogen-bond donors (Lipinski definition) is 2. The van der Waals surface area contributed by atoms with Crippen LogP contribution in [0.2, 0.25) is 0 Å². The molecule has 1 atom stereocenters. The predicted molar refractivity (Wildman–Crippen MR) is 79.7 cm³/mol. The van der Waals surface area contributed by atoms with Gasteiger partial charge in [-0.05, 0) is 46.6 Å². The fourth-order valence-electron chi connectivity index (χ4n) is 2.03. The molecule has 1 aliphatic rings. The van der Waals surface area contributed by atoms with Crippen molar-refractivity contribution in [1.29, 1.82) is 0 Å². The fraction of sp³-hybridized carbons (Fsp3) is 0.429. The van der Waals surface area contributed by atoms with Crippen LogP contribution in [0.5, 0.6) is 11.5 Å². The summed E-state index contributed by atoms with van der Waals surface area (Å²) in [6.45, 7) is 6.27. The Bertz CT molecular complexity index is 451. The van der Waals surface area contributed by atoms with Crippen LogP contribution in [0.25, 0.3) is 0 Å². The Hall–Kier alpha value is -1.04. The lowest BCUT2D eigenvalue weighted by atomic mass is 10.1. The number of fused-ring (bicyclic) bond motifs is 1. The maximum Gasteiger partial charge on any atom is 0.175 e. The van der Waals surface area contributed by atoms with Crippen LogP contribution in [0.1, 0.15) is 18.0 Å². The van der Waals surface area contributed by atoms with E-state index in [9.17, 15) is 0 Å². The van der Waals surface area contributed by atoms with E-state index in [0.29, 0.717) is 19.8 Å². The molecule has 0 spiro atoms. The van der Waals surface area contributed by atoms with Crippen molar-refractivity contribution in [3.8, 4) is 11.5 Å². The first-order chi connectivity index (χ1) is 9.26. The minimum atomic E-state index is 0.104. The Morgan fingerprint density at radius 2 is 2.21 bits per heavy atom. The first kappa shape index (κ1) is 14.4. The van der Waals surface area contributed by atoms with Crippen LogP contribution in [0.3, 0.4) is 0 Å². The lowest BCUT2D eigenvalue weighted by molar-refractivity contribution is 0.170. The zero-order chi connectivity index (χ0) is 13.7. The van der Waals surface area contributed by atoms with Crippen molar-refractivity contribution in [2.24, 2.45) is 5.73 Å². The van der Waals surface area contributed by atoms with Crippen LogP contribution in [0.4, 0.5) is 0 Å². The third kappa shape index (κ3) is 3.49. The molecule has 1 unspecified atom stereocenters. The van der Waals surface area contributed by atoms with Crippen LogP contribution >= 0.6 is 15.9 Å². The summed E-state index contributed by atoms with van der Waals surface area (Å²) in [6, 6.07) is 4.14. The maximum atomic E-state index is 5.84. The van der Waals surface area contributed by atoms with Gasteiger partial charge in [-0.25, -0.2) is 0 Å². The van der Waals surface area contributed by atoms with E-state index >= 15 is 0 Å². The van der Waals surface area contributed by atoms with Crippen LogP contribution in [-0.4, -0.2) is 26.3 Å². The molecule has 0 aromatic heterocycles. The van der Waals surface area contributed by atoms with Crippen LogP contribution in [0, 0.1) is 0 Å². The van der Waals surface area contributed by atoms with Crippen molar-refractivity contribution < 1.29 is 9.47 Å². The number of nitrogens with two attached hydrogens (primary N) is 1. The predicted octanol–water partition coefficient (Wildman–Crippen LogP) is 2.39. The topological polar surface area (TPSA) is 56.5 Å². The Kier molecular flexibility index (Phi) is 5.24. The molecule has 1 aromatic carbocycles. The van der Waals surface area contributed by atoms with E-state index in [2.05, 4.69) is 27.8 Å². The van der Waals surface area contributed by atoms with E-state index in [1.54, 1.807) is 0 Å². The lowest BCUT2D eigenvalue weighted by Gasteiger charge is -2.23. The zero-order valence-corrected chi connectivity index (χ0v) is 12.4. The molecule has 5 heteroatoms. The van der Waals surface area contributed by atoms with Gasteiger partial charge < -0.3 is 20.5 Å². The van der Waals surface area contributed by atoms with Gasteiger partial charge in [0.05, 0.1) is 4.47 Å². The van der Waals surface area contributed by atoms with Gasteiger partial charge in [-0.1, -0.05) is 6.08 Å². The molecule has 0 bridgehead atoms. The highest BCUT2D eigenvalue weighted by Crippen LogP contribution is 2.39. The molecule has 0 radical (unpaired) electrons. The summed E-state index contributed by atoms with van der Waals surface area (Å²) in [5.41, 5.74) is 6.94. The molecule has 1 aliphatic heterocycles. The molecule has 0 saturated heterocycles. The van der Waals surface area contributed by atoms with E-state index < -0.39 is 0 Å². The largest absolute Gasteiger partial charge is 0.486 e.